The lowest BCUT2D eigenvalue weighted by Gasteiger charge is -1.99. The van der Waals surface area contributed by atoms with Crippen LogP contribution >= 0.6 is 0 Å². The van der Waals surface area contributed by atoms with Gasteiger partial charge in [0.25, 0.3) is 0 Å². The van der Waals surface area contributed by atoms with E-state index in [4.69, 9.17) is 0 Å². The number of amides is 1. The molecule has 1 aliphatic rings. The SMILES string of the molecule is Cc1c(N=C=O)cccc1N=C=O.O=C1CCCCCN1. The van der Waals surface area contributed by atoms with Gasteiger partial charge < -0.3 is 5.32 Å². The minimum atomic E-state index is 0.225. The van der Waals surface area contributed by atoms with Crippen LogP contribution in [0.4, 0.5) is 11.4 Å². The number of nitrogens with zero attached hydrogens (tertiary/aromatic N) is 2. The maximum Gasteiger partial charge on any atom is 0.240 e. The third kappa shape index (κ3) is 5.95. The van der Waals surface area contributed by atoms with E-state index in [-0.39, 0.29) is 5.91 Å². The highest BCUT2D eigenvalue weighted by atomic mass is 16.1. The van der Waals surface area contributed by atoms with Crippen molar-refractivity contribution in [3.8, 4) is 0 Å². The number of nitrogens with one attached hydrogen (secondary N) is 1. The average molecular weight is 287 g/mol. The third-order valence-corrected chi connectivity index (χ3v) is 3.01. The summed E-state index contributed by atoms with van der Waals surface area (Å²) in [5, 5.41) is 2.81. The normalized spacial score (nSPS) is 13.5. The van der Waals surface area contributed by atoms with Gasteiger partial charge in [0.15, 0.2) is 0 Å². The highest BCUT2D eigenvalue weighted by Crippen LogP contribution is 2.26. The van der Waals surface area contributed by atoms with Crippen LogP contribution in [-0.2, 0) is 14.4 Å². The van der Waals surface area contributed by atoms with E-state index in [0.717, 1.165) is 25.8 Å². The second-order valence-electron chi connectivity index (χ2n) is 4.49. The highest BCUT2D eigenvalue weighted by Gasteiger charge is 2.03. The predicted molar refractivity (Wildman–Crippen MR) is 78.2 cm³/mol. The Bertz CT molecular complexity index is 540. The molecule has 1 heterocycles. The van der Waals surface area contributed by atoms with E-state index in [0.29, 0.717) is 16.9 Å². The van der Waals surface area contributed by atoms with Crippen LogP contribution < -0.4 is 5.32 Å². The molecule has 2 rings (SSSR count). The summed E-state index contributed by atoms with van der Waals surface area (Å²) in [5.74, 6) is 0.225. The van der Waals surface area contributed by atoms with Gasteiger partial charge in [-0.2, -0.15) is 9.98 Å². The first kappa shape index (κ1) is 16.5. The quantitative estimate of drug-likeness (QED) is 0.669. The lowest BCUT2D eigenvalue weighted by molar-refractivity contribution is -0.120. The molecule has 1 aromatic carbocycles. The molecule has 0 radical (unpaired) electrons. The molecule has 0 bridgehead atoms. The van der Waals surface area contributed by atoms with Crippen LogP contribution in [0.1, 0.15) is 31.2 Å². The zero-order chi connectivity index (χ0) is 15.5. The number of carbonyl (C=O) groups excluding carboxylic acids is 3. The van der Waals surface area contributed by atoms with Gasteiger partial charge in [0, 0.05) is 18.5 Å². The fourth-order valence-corrected chi connectivity index (χ4v) is 1.86. The smallest absolute Gasteiger partial charge is 0.240 e. The lowest BCUT2D eigenvalue weighted by Crippen LogP contribution is -2.21. The molecule has 1 aliphatic heterocycles. The molecule has 0 aliphatic carbocycles. The van der Waals surface area contributed by atoms with Crippen LogP contribution in [0, 0.1) is 6.92 Å². The van der Waals surface area contributed by atoms with Crippen molar-refractivity contribution in [2.24, 2.45) is 9.98 Å². The number of aliphatic imine (C=N–C) groups is 2. The van der Waals surface area contributed by atoms with Crippen LogP contribution in [-0.4, -0.2) is 24.6 Å². The Hall–Kier alpha value is -2.55. The highest BCUT2D eigenvalue weighted by molar-refractivity contribution is 5.75. The topological polar surface area (TPSA) is 88.0 Å². The zero-order valence-electron chi connectivity index (χ0n) is 11.9. The molecule has 0 saturated carbocycles. The van der Waals surface area contributed by atoms with Crippen LogP contribution in [0.5, 0.6) is 0 Å². The van der Waals surface area contributed by atoms with Gasteiger partial charge in [-0.15, -0.1) is 0 Å². The standard InChI is InChI=1S/C9H6N2O2.C6H11NO/c1-7-8(10-5-12)3-2-4-9(7)11-6-13;8-6-4-2-1-3-5-7-6/h2-4H,1H3;1-5H2,(H,7,8). The number of hydrogen-bond donors (Lipinski definition) is 1. The average Bonchev–Trinajstić information content (AvgIpc) is 2.72. The van der Waals surface area contributed by atoms with Gasteiger partial charge >= 0.3 is 0 Å². The molecule has 1 aromatic rings. The molecule has 0 aromatic heterocycles. The molecule has 0 spiro atoms. The largest absolute Gasteiger partial charge is 0.356 e. The van der Waals surface area contributed by atoms with Crippen molar-refractivity contribution in [3.63, 3.8) is 0 Å². The Morgan fingerprint density at radius 2 is 1.67 bits per heavy atom. The molecule has 0 atom stereocenters. The van der Waals surface area contributed by atoms with Gasteiger partial charge in [0.2, 0.25) is 18.1 Å². The van der Waals surface area contributed by atoms with Crippen molar-refractivity contribution < 1.29 is 14.4 Å². The molecule has 6 nitrogen and oxygen atoms in total. The Kier molecular flexibility index (Phi) is 7.36. The Morgan fingerprint density at radius 3 is 2.24 bits per heavy atom. The van der Waals surface area contributed by atoms with Crippen molar-refractivity contribution in [3.05, 3.63) is 23.8 Å². The molecule has 0 unspecified atom stereocenters. The fraction of sp³-hybridized carbons (Fsp3) is 0.400. The summed E-state index contributed by atoms with van der Waals surface area (Å²) in [6.45, 7) is 2.60. The number of rotatable bonds is 2. The van der Waals surface area contributed by atoms with Crippen LogP contribution in [0.3, 0.4) is 0 Å². The molecule has 21 heavy (non-hydrogen) atoms. The summed E-state index contributed by atoms with van der Waals surface area (Å²) in [5.41, 5.74) is 1.59. The van der Waals surface area contributed by atoms with Gasteiger partial charge in [-0.05, 0) is 31.9 Å². The zero-order valence-corrected chi connectivity index (χ0v) is 11.9. The molecular formula is C15H17N3O3. The maximum absolute atomic E-state index is 10.6. The summed E-state index contributed by atoms with van der Waals surface area (Å²) in [6.07, 6.45) is 7.03. The van der Waals surface area contributed by atoms with Gasteiger partial charge in [0.1, 0.15) is 0 Å². The molecular weight excluding hydrogens is 270 g/mol. The van der Waals surface area contributed by atoms with Gasteiger partial charge in [0.05, 0.1) is 11.4 Å². The van der Waals surface area contributed by atoms with Gasteiger partial charge in [-0.25, -0.2) is 9.59 Å². The Labute approximate surface area is 123 Å². The molecule has 6 heteroatoms. The van der Waals surface area contributed by atoms with E-state index in [9.17, 15) is 14.4 Å². The number of carbonyl (C=O) groups is 1. The summed E-state index contributed by atoms with van der Waals surface area (Å²) in [6, 6.07) is 4.94. The van der Waals surface area contributed by atoms with Crippen LogP contribution in [0.2, 0.25) is 0 Å². The van der Waals surface area contributed by atoms with Crippen molar-refractivity contribution in [1.82, 2.24) is 5.32 Å². The van der Waals surface area contributed by atoms with Crippen molar-refractivity contribution in [2.75, 3.05) is 6.54 Å². The predicted octanol–water partition coefficient (Wildman–Crippen LogP) is 2.61. The second kappa shape index (κ2) is 9.37. The van der Waals surface area contributed by atoms with Crippen molar-refractivity contribution >= 4 is 29.4 Å². The second-order valence-corrected chi connectivity index (χ2v) is 4.49. The maximum atomic E-state index is 10.6. The first-order valence-corrected chi connectivity index (χ1v) is 6.71. The van der Waals surface area contributed by atoms with E-state index in [2.05, 4.69) is 15.3 Å². The molecule has 1 saturated heterocycles. The summed E-state index contributed by atoms with van der Waals surface area (Å²) in [4.78, 5) is 37.5. The third-order valence-electron chi connectivity index (χ3n) is 3.01. The Morgan fingerprint density at radius 1 is 1.05 bits per heavy atom. The summed E-state index contributed by atoms with van der Waals surface area (Å²) in [7, 11) is 0. The minimum Gasteiger partial charge on any atom is -0.356 e. The van der Waals surface area contributed by atoms with E-state index < -0.39 is 0 Å². The van der Waals surface area contributed by atoms with Crippen molar-refractivity contribution in [1.29, 1.82) is 0 Å². The number of hydrogen-bond acceptors (Lipinski definition) is 5. The number of isocyanates is 2. The van der Waals surface area contributed by atoms with Crippen molar-refractivity contribution in [2.45, 2.75) is 32.6 Å². The Balaban J connectivity index is 0.000000235. The minimum absolute atomic E-state index is 0.225. The summed E-state index contributed by atoms with van der Waals surface area (Å²) < 4.78 is 0. The molecule has 1 amide bonds. The van der Waals surface area contributed by atoms with E-state index >= 15 is 0 Å². The van der Waals surface area contributed by atoms with Gasteiger partial charge in [-0.3, -0.25) is 4.79 Å². The van der Waals surface area contributed by atoms with E-state index in [1.165, 1.54) is 18.6 Å². The van der Waals surface area contributed by atoms with E-state index in [1.807, 2.05) is 0 Å². The molecule has 1 N–H and O–H groups in total. The van der Waals surface area contributed by atoms with E-state index in [1.54, 1.807) is 25.1 Å². The van der Waals surface area contributed by atoms with Crippen LogP contribution in [0.25, 0.3) is 0 Å². The first-order valence-electron chi connectivity index (χ1n) is 6.71. The number of benzene rings is 1. The lowest BCUT2D eigenvalue weighted by atomic mass is 10.1. The van der Waals surface area contributed by atoms with Crippen LogP contribution in [0.15, 0.2) is 28.2 Å². The molecule has 110 valence electrons. The first-order chi connectivity index (χ1) is 10.2. The fourth-order valence-electron chi connectivity index (χ4n) is 1.86. The monoisotopic (exact) mass is 287 g/mol. The summed E-state index contributed by atoms with van der Waals surface area (Å²) >= 11 is 0. The molecule has 1 fully saturated rings. The van der Waals surface area contributed by atoms with Gasteiger partial charge in [-0.1, -0.05) is 12.5 Å².